The molecule has 0 radical (unpaired) electrons. The summed E-state index contributed by atoms with van der Waals surface area (Å²) in [6, 6.07) is -0.238. The molecule has 2 unspecified atom stereocenters. The first-order chi connectivity index (χ1) is 9.97. The quantitative estimate of drug-likeness (QED) is 0.808. The Morgan fingerprint density at radius 1 is 1.10 bits per heavy atom. The Bertz CT molecular complexity index is 435. The molecule has 3 rings (SSSR count). The molecule has 3 amide bonds. The van der Waals surface area contributed by atoms with E-state index >= 15 is 0 Å². The zero-order valence-corrected chi connectivity index (χ0v) is 13.2. The Balaban J connectivity index is 1.52. The fraction of sp³-hybridized carbons (Fsp3) is 0.875. The van der Waals surface area contributed by atoms with Gasteiger partial charge >= 0.3 is 6.03 Å². The maximum atomic E-state index is 12.2. The summed E-state index contributed by atoms with van der Waals surface area (Å²) in [6.07, 6.45) is 6.82. The largest absolute Gasteiger partial charge is 0.325 e. The molecule has 21 heavy (non-hydrogen) atoms. The van der Waals surface area contributed by atoms with E-state index < -0.39 is 5.54 Å². The molecule has 1 N–H and O–H groups in total. The molecule has 2 atom stereocenters. The van der Waals surface area contributed by atoms with Gasteiger partial charge in [-0.3, -0.25) is 9.69 Å². The van der Waals surface area contributed by atoms with Gasteiger partial charge < -0.3 is 10.2 Å². The van der Waals surface area contributed by atoms with Gasteiger partial charge in [-0.25, -0.2) is 4.79 Å². The van der Waals surface area contributed by atoms with Crippen molar-refractivity contribution in [2.75, 3.05) is 26.2 Å². The van der Waals surface area contributed by atoms with Gasteiger partial charge in [0.15, 0.2) is 0 Å². The third-order valence-corrected chi connectivity index (χ3v) is 5.46. The van der Waals surface area contributed by atoms with Crippen LogP contribution in [0.2, 0.25) is 0 Å². The molecule has 118 valence electrons. The number of piperidine rings is 1. The average Bonchev–Trinajstić information content (AvgIpc) is 2.65. The molecule has 3 aliphatic rings. The second kappa shape index (κ2) is 5.59. The number of fused-ring (bicyclic) bond motifs is 1. The predicted octanol–water partition coefficient (Wildman–Crippen LogP) is 1.83. The number of urea groups is 1. The number of hydrogen-bond acceptors (Lipinski definition) is 3. The maximum absolute atomic E-state index is 12.2. The van der Waals surface area contributed by atoms with Gasteiger partial charge in [-0.05, 0) is 45.1 Å². The summed E-state index contributed by atoms with van der Waals surface area (Å²) in [6.45, 7) is 7.14. The number of hydrogen-bond donors (Lipinski definition) is 1. The van der Waals surface area contributed by atoms with Gasteiger partial charge in [0.25, 0.3) is 5.91 Å². The summed E-state index contributed by atoms with van der Waals surface area (Å²) in [4.78, 5) is 27.9. The van der Waals surface area contributed by atoms with Crippen molar-refractivity contribution in [3.8, 4) is 0 Å². The van der Waals surface area contributed by atoms with Crippen LogP contribution in [0.1, 0.15) is 46.0 Å². The summed E-state index contributed by atoms with van der Waals surface area (Å²) < 4.78 is 0. The van der Waals surface area contributed by atoms with Gasteiger partial charge in [-0.15, -0.1) is 0 Å². The highest BCUT2D eigenvalue weighted by Gasteiger charge is 2.44. The number of amides is 3. The number of rotatable bonds is 3. The molecule has 2 heterocycles. The number of likely N-dealkylation sites (tertiary alicyclic amines) is 1. The SMILES string of the molecule is CC1(C)NC(=O)N(CCN2CCC3CCCCC3C2)C1=O. The molecule has 2 aliphatic heterocycles. The van der Waals surface area contributed by atoms with Gasteiger partial charge in [-0.2, -0.15) is 0 Å². The van der Waals surface area contributed by atoms with Crippen LogP contribution in [0.4, 0.5) is 4.79 Å². The van der Waals surface area contributed by atoms with E-state index in [4.69, 9.17) is 0 Å². The molecule has 5 nitrogen and oxygen atoms in total. The molecule has 0 aromatic rings. The lowest BCUT2D eigenvalue weighted by atomic mass is 9.75. The van der Waals surface area contributed by atoms with Crippen molar-refractivity contribution in [3.63, 3.8) is 0 Å². The van der Waals surface area contributed by atoms with E-state index in [0.717, 1.165) is 31.5 Å². The summed E-state index contributed by atoms with van der Waals surface area (Å²) >= 11 is 0. The van der Waals surface area contributed by atoms with Crippen LogP contribution in [0.3, 0.4) is 0 Å². The van der Waals surface area contributed by atoms with Crippen LogP contribution in [-0.4, -0.2) is 53.5 Å². The molecule has 1 aliphatic carbocycles. The first-order valence-corrected chi connectivity index (χ1v) is 8.34. The molecule has 3 fully saturated rings. The minimum Gasteiger partial charge on any atom is -0.324 e. The zero-order valence-electron chi connectivity index (χ0n) is 13.2. The van der Waals surface area contributed by atoms with Crippen LogP contribution in [-0.2, 0) is 4.79 Å². The third-order valence-electron chi connectivity index (χ3n) is 5.46. The Kier molecular flexibility index (Phi) is 3.95. The topological polar surface area (TPSA) is 52.7 Å². The van der Waals surface area contributed by atoms with Gasteiger partial charge in [0, 0.05) is 19.6 Å². The van der Waals surface area contributed by atoms with Crippen molar-refractivity contribution in [1.29, 1.82) is 0 Å². The number of carbonyl (C=O) groups is 2. The maximum Gasteiger partial charge on any atom is 0.325 e. The van der Waals surface area contributed by atoms with Crippen LogP contribution in [0, 0.1) is 11.8 Å². The Morgan fingerprint density at radius 3 is 2.48 bits per heavy atom. The minimum absolute atomic E-state index is 0.0972. The van der Waals surface area contributed by atoms with Crippen LogP contribution in [0.15, 0.2) is 0 Å². The second-order valence-corrected chi connectivity index (χ2v) is 7.41. The number of carbonyl (C=O) groups excluding carboxylic acids is 2. The number of nitrogens with zero attached hydrogens (tertiary/aromatic N) is 2. The smallest absolute Gasteiger partial charge is 0.324 e. The van der Waals surface area contributed by atoms with E-state index in [-0.39, 0.29) is 11.9 Å². The highest BCUT2D eigenvalue weighted by Crippen LogP contribution is 2.35. The second-order valence-electron chi connectivity index (χ2n) is 7.41. The van der Waals surface area contributed by atoms with Crippen LogP contribution < -0.4 is 5.32 Å². The van der Waals surface area contributed by atoms with Crippen LogP contribution >= 0.6 is 0 Å². The van der Waals surface area contributed by atoms with E-state index in [1.165, 1.54) is 37.0 Å². The molecule has 0 aromatic carbocycles. The van der Waals surface area contributed by atoms with Crippen molar-refractivity contribution in [2.24, 2.45) is 11.8 Å². The van der Waals surface area contributed by atoms with Crippen LogP contribution in [0.25, 0.3) is 0 Å². The molecule has 0 aromatic heterocycles. The van der Waals surface area contributed by atoms with E-state index in [1.807, 2.05) is 0 Å². The number of imide groups is 1. The van der Waals surface area contributed by atoms with Gasteiger partial charge in [0.05, 0.1) is 0 Å². The van der Waals surface area contributed by atoms with Crippen molar-refractivity contribution >= 4 is 11.9 Å². The fourth-order valence-electron chi connectivity index (χ4n) is 4.14. The summed E-state index contributed by atoms with van der Waals surface area (Å²) in [7, 11) is 0. The fourth-order valence-corrected chi connectivity index (χ4v) is 4.14. The molecular weight excluding hydrogens is 266 g/mol. The van der Waals surface area contributed by atoms with Gasteiger partial charge in [0.1, 0.15) is 5.54 Å². The number of nitrogens with one attached hydrogen (secondary N) is 1. The average molecular weight is 293 g/mol. The third kappa shape index (κ3) is 2.93. The molecule has 1 saturated carbocycles. The standard InChI is InChI=1S/C16H27N3O2/c1-16(2)14(20)19(15(21)17-16)10-9-18-8-7-12-5-3-4-6-13(12)11-18/h12-13H,3-11H2,1-2H3,(H,17,21). The van der Waals surface area contributed by atoms with E-state index in [2.05, 4.69) is 10.2 Å². The first-order valence-electron chi connectivity index (χ1n) is 8.34. The van der Waals surface area contributed by atoms with Crippen molar-refractivity contribution in [3.05, 3.63) is 0 Å². The van der Waals surface area contributed by atoms with Crippen LogP contribution in [0.5, 0.6) is 0 Å². The zero-order chi connectivity index (χ0) is 15.0. The first kappa shape index (κ1) is 14.8. The minimum atomic E-state index is -0.743. The monoisotopic (exact) mass is 293 g/mol. The van der Waals surface area contributed by atoms with Gasteiger partial charge in [0.2, 0.25) is 0 Å². The summed E-state index contributed by atoms with van der Waals surface area (Å²) in [5.74, 6) is 1.66. The Hall–Kier alpha value is -1.10. The van der Waals surface area contributed by atoms with Crippen molar-refractivity contribution in [1.82, 2.24) is 15.1 Å². The van der Waals surface area contributed by atoms with E-state index in [0.29, 0.717) is 6.54 Å². The Morgan fingerprint density at radius 2 is 1.81 bits per heavy atom. The highest BCUT2D eigenvalue weighted by atomic mass is 16.2. The Labute approximate surface area is 127 Å². The molecule has 2 saturated heterocycles. The van der Waals surface area contributed by atoms with Crippen molar-refractivity contribution in [2.45, 2.75) is 51.5 Å². The van der Waals surface area contributed by atoms with E-state index in [9.17, 15) is 9.59 Å². The van der Waals surface area contributed by atoms with Crippen molar-refractivity contribution < 1.29 is 9.59 Å². The lowest BCUT2D eigenvalue weighted by Crippen LogP contribution is -2.46. The predicted molar refractivity (Wildman–Crippen MR) is 80.8 cm³/mol. The van der Waals surface area contributed by atoms with E-state index in [1.54, 1.807) is 13.8 Å². The molecule has 0 bridgehead atoms. The summed E-state index contributed by atoms with van der Waals surface area (Å²) in [5.41, 5.74) is -0.743. The molecule has 5 heteroatoms. The lowest BCUT2D eigenvalue weighted by molar-refractivity contribution is -0.130. The molecular formula is C16H27N3O2. The normalized spacial score (nSPS) is 33.0. The lowest BCUT2D eigenvalue weighted by Gasteiger charge is -2.41. The molecule has 0 spiro atoms. The summed E-state index contributed by atoms with van der Waals surface area (Å²) in [5, 5.41) is 2.74. The highest BCUT2D eigenvalue weighted by molar-refractivity contribution is 6.06. The van der Waals surface area contributed by atoms with Gasteiger partial charge in [-0.1, -0.05) is 19.3 Å².